The van der Waals surface area contributed by atoms with Crippen LogP contribution < -0.4 is 10.0 Å². The maximum atomic E-state index is 12.8. The van der Waals surface area contributed by atoms with Crippen LogP contribution in [0.4, 0.5) is 5.69 Å². The van der Waals surface area contributed by atoms with E-state index < -0.39 is 10.0 Å². The Kier molecular flexibility index (Phi) is 6.42. The molecule has 1 amide bonds. The first kappa shape index (κ1) is 20.8. The molecule has 0 bridgehead atoms. The Bertz CT molecular complexity index is 972. The molecule has 0 aromatic heterocycles. The molecule has 0 saturated carbocycles. The number of anilines is 1. The molecule has 2 atom stereocenters. The van der Waals surface area contributed by atoms with Gasteiger partial charge in [0.15, 0.2) is 0 Å². The van der Waals surface area contributed by atoms with Crippen LogP contribution in [0.1, 0.15) is 35.7 Å². The van der Waals surface area contributed by atoms with E-state index in [2.05, 4.69) is 26.0 Å². The van der Waals surface area contributed by atoms with E-state index in [1.54, 1.807) is 24.3 Å². The molecule has 8 heteroatoms. The summed E-state index contributed by atoms with van der Waals surface area (Å²) in [5.74, 6) is -0.322. The summed E-state index contributed by atoms with van der Waals surface area (Å²) in [6.45, 7) is 4.48. The second-order valence-corrected chi connectivity index (χ2v) is 9.47. The number of amides is 1. The molecule has 0 unspecified atom stereocenters. The molecule has 1 aliphatic heterocycles. The maximum Gasteiger partial charge on any atom is 0.261 e. The summed E-state index contributed by atoms with van der Waals surface area (Å²) in [4.78, 5) is 12.6. The average molecular weight is 467 g/mol. The first-order valence-corrected chi connectivity index (χ1v) is 11.4. The molecule has 1 heterocycles. The van der Waals surface area contributed by atoms with Crippen LogP contribution in [-0.2, 0) is 14.8 Å². The van der Waals surface area contributed by atoms with Crippen molar-refractivity contribution in [2.24, 2.45) is 0 Å². The molecule has 2 aromatic carbocycles. The fourth-order valence-electron chi connectivity index (χ4n) is 3.11. The minimum atomic E-state index is -3.84. The third kappa shape index (κ3) is 4.92. The molecule has 2 N–H and O–H groups in total. The highest BCUT2D eigenvalue weighted by Gasteiger charge is 2.24. The van der Waals surface area contributed by atoms with Crippen LogP contribution in [0, 0.1) is 6.92 Å². The fourth-order valence-corrected chi connectivity index (χ4v) is 4.70. The third-order valence-electron chi connectivity index (χ3n) is 4.65. The summed E-state index contributed by atoms with van der Waals surface area (Å²) in [5.41, 5.74) is 1.66. The Hall–Kier alpha value is -1.90. The molecule has 1 aliphatic rings. The lowest BCUT2D eigenvalue weighted by atomic mass is 10.1. The zero-order valence-corrected chi connectivity index (χ0v) is 18.1. The number of halogens is 1. The van der Waals surface area contributed by atoms with Crippen molar-refractivity contribution in [3.05, 3.63) is 58.1 Å². The van der Waals surface area contributed by atoms with E-state index in [1.165, 1.54) is 12.1 Å². The molecule has 2 aromatic rings. The average Bonchev–Trinajstić information content (AvgIpc) is 3.19. The van der Waals surface area contributed by atoms with Crippen molar-refractivity contribution >= 4 is 37.5 Å². The summed E-state index contributed by atoms with van der Waals surface area (Å²) in [5, 5.41) is 2.90. The van der Waals surface area contributed by atoms with Crippen molar-refractivity contribution < 1.29 is 17.9 Å². The van der Waals surface area contributed by atoms with Crippen molar-refractivity contribution in [2.75, 3.05) is 11.3 Å². The second kappa shape index (κ2) is 8.63. The summed E-state index contributed by atoms with van der Waals surface area (Å²) in [7, 11) is -3.84. The van der Waals surface area contributed by atoms with Gasteiger partial charge in [-0.1, -0.05) is 12.1 Å². The number of hydrogen-bond acceptors (Lipinski definition) is 4. The minimum absolute atomic E-state index is 0.00352. The molecule has 0 spiro atoms. The van der Waals surface area contributed by atoms with Crippen LogP contribution in [-0.4, -0.2) is 33.1 Å². The van der Waals surface area contributed by atoms with Crippen molar-refractivity contribution in [1.82, 2.24) is 5.32 Å². The van der Waals surface area contributed by atoms with Crippen LogP contribution >= 0.6 is 15.9 Å². The van der Waals surface area contributed by atoms with Gasteiger partial charge in [0.25, 0.3) is 15.9 Å². The van der Waals surface area contributed by atoms with Gasteiger partial charge in [-0.25, -0.2) is 8.42 Å². The third-order valence-corrected chi connectivity index (χ3v) is 6.71. The van der Waals surface area contributed by atoms with Gasteiger partial charge >= 0.3 is 0 Å². The number of benzene rings is 2. The fraction of sp³-hybridized carbons (Fsp3) is 0.350. The SMILES string of the molecule is Cc1ccc(Br)c(NS(=O)(=O)c2cccc(C(=O)N[C@@H](C)[C@H]3CCCO3)c2)c1. The maximum absolute atomic E-state index is 12.8. The van der Waals surface area contributed by atoms with Crippen LogP contribution in [0.15, 0.2) is 51.8 Å². The normalized spacial score (nSPS) is 17.9. The number of carbonyl (C=O) groups excluding carboxylic acids is 1. The monoisotopic (exact) mass is 466 g/mol. The molecule has 0 aliphatic carbocycles. The van der Waals surface area contributed by atoms with Gasteiger partial charge in [0.1, 0.15) is 0 Å². The molecule has 28 heavy (non-hydrogen) atoms. The second-order valence-electron chi connectivity index (χ2n) is 6.93. The van der Waals surface area contributed by atoms with Crippen LogP contribution in [0.3, 0.4) is 0 Å². The standard InChI is InChI=1S/C20H23BrN2O4S/c1-13-8-9-17(21)18(11-13)23-28(25,26)16-6-3-5-15(12-16)20(24)22-14(2)19-7-4-10-27-19/h3,5-6,8-9,11-12,14,19,23H,4,7,10H2,1-2H3,(H,22,24)/t14-,19+/m0/s1. The highest BCUT2D eigenvalue weighted by Crippen LogP contribution is 2.26. The Morgan fingerprint density at radius 1 is 1.25 bits per heavy atom. The Balaban J connectivity index is 1.77. The minimum Gasteiger partial charge on any atom is -0.376 e. The lowest BCUT2D eigenvalue weighted by Crippen LogP contribution is -2.40. The topological polar surface area (TPSA) is 84.5 Å². The number of rotatable bonds is 6. The van der Waals surface area contributed by atoms with E-state index in [0.29, 0.717) is 16.8 Å². The van der Waals surface area contributed by atoms with Gasteiger partial charge in [-0.15, -0.1) is 0 Å². The highest BCUT2D eigenvalue weighted by atomic mass is 79.9. The summed E-state index contributed by atoms with van der Waals surface area (Å²) < 4.78 is 34.4. The van der Waals surface area contributed by atoms with Gasteiger partial charge in [-0.05, 0) is 78.5 Å². The zero-order chi connectivity index (χ0) is 20.3. The van der Waals surface area contributed by atoms with E-state index in [4.69, 9.17) is 4.74 Å². The van der Waals surface area contributed by atoms with Crippen molar-refractivity contribution in [3.63, 3.8) is 0 Å². The molecule has 3 rings (SSSR count). The van der Waals surface area contributed by atoms with Gasteiger partial charge in [0.05, 0.1) is 22.7 Å². The smallest absolute Gasteiger partial charge is 0.261 e. The van der Waals surface area contributed by atoms with E-state index >= 15 is 0 Å². The van der Waals surface area contributed by atoms with Crippen molar-refractivity contribution in [3.8, 4) is 0 Å². The molecule has 1 saturated heterocycles. The quantitative estimate of drug-likeness (QED) is 0.676. The van der Waals surface area contributed by atoms with E-state index in [-0.39, 0.29) is 28.5 Å². The van der Waals surface area contributed by atoms with E-state index in [1.807, 2.05) is 19.9 Å². The van der Waals surface area contributed by atoms with Gasteiger partial charge in [-0.3, -0.25) is 9.52 Å². The van der Waals surface area contributed by atoms with Gasteiger partial charge in [0.2, 0.25) is 0 Å². The predicted octanol–water partition coefficient (Wildman–Crippen LogP) is 3.86. The lowest BCUT2D eigenvalue weighted by Gasteiger charge is -2.20. The summed E-state index contributed by atoms with van der Waals surface area (Å²) >= 11 is 3.35. The van der Waals surface area contributed by atoms with Gasteiger partial charge in [0, 0.05) is 16.6 Å². The van der Waals surface area contributed by atoms with Crippen molar-refractivity contribution in [1.29, 1.82) is 0 Å². The Morgan fingerprint density at radius 2 is 2.04 bits per heavy atom. The number of carbonyl (C=O) groups is 1. The predicted molar refractivity (Wildman–Crippen MR) is 112 cm³/mol. The molecule has 150 valence electrons. The molecular weight excluding hydrogens is 444 g/mol. The molecule has 6 nitrogen and oxygen atoms in total. The van der Waals surface area contributed by atoms with Crippen LogP contribution in [0.2, 0.25) is 0 Å². The molecule has 0 radical (unpaired) electrons. The summed E-state index contributed by atoms with van der Waals surface area (Å²) in [6.07, 6.45) is 1.89. The summed E-state index contributed by atoms with van der Waals surface area (Å²) in [6, 6.07) is 11.3. The van der Waals surface area contributed by atoms with Crippen LogP contribution in [0.5, 0.6) is 0 Å². The number of hydrogen-bond donors (Lipinski definition) is 2. The number of nitrogens with one attached hydrogen (secondary N) is 2. The van der Waals surface area contributed by atoms with Gasteiger partial charge in [-0.2, -0.15) is 0 Å². The van der Waals surface area contributed by atoms with E-state index in [9.17, 15) is 13.2 Å². The Morgan fingerprint density at radius 3 is 2.75 bits per heavy atom. The van der Waals surface area contributed by atoms with Crippen molar-refractivity contribution in [2.45, 2.75) is 43.7 Å². The van der Waals surface area contributed by atoms with Gasteiger partial charge < -0.3 is 10.1 Å². The first-order valence-electron chi connectivity index (χ1n) is 9.08. The number of sulfonamides is 1. The number of ether oxygens (including phenoxy) is 1. The lowest BCUT2D eigenvalue weighted by molar-refractivity contribution is 0.0712. The highest BCUT2D eigenvalue weighted by molar-refractivity contribution is 9.10. The van der Waals surface area contributed by atoms with Crippen LogP contribution in [0.25, 0.3) is 0 Å². The Labute approximate surface area is 173 Å². The van der Waals surface area contributed by atoms with E-state index in [0.717, 1.165) is 18.4 Å². The zero-order valence-electron chi connectivity index (χ0n) is 15.7. The largest absolute Gasteiger partial charge is 0.376 e. The molecular formula is C20H23BrN2O4S. The first-order chi connectivity index (χ1) is 13.3. The molecule has 1 fully saturated rings. The number of aryl methyl sites for hydroxylation is 1.